The first-order valence-electron chi connectivity index (χ1n) is 30.8. The van der Waals surface area contributed by atoms with Crippen LogP contribution in [0.15, 0.2) is 187 Å². The minimum Gasteiger partial charge on any atom is -0.481 e. The highest BCUT2D eigenvalue weighted by molar-refractivity contribution is 5.89. The van der Waals surface area contributed by atoms with Crippen LogP contribution in [0.4, 0.5) is 17.6 Å². The average molecular weight is 1390 g/mol. The number of rotatable bonds is 21. The van der Waals surface area contributed by atoms with Crippen LogP contribution >= 0.6 is 0 Å². The number of ether oxygens (including phenoxy) is 5. The first kappa shape index (κ1) is 75.4. The number of nitrogens with one attached hydrogen (secondary N) is 1. The van der Waals surface area contributed by atoms with Gasteiger partial charge in [0.15, 0.2) is 16.9 Å². The van der Waals surface area contributed by atoms with Crippen molar-refractivity contribution in [1.29, 1.82) is 5.26 Å². The SMILES string of the molecule is C=c1c(=O)c(=C2N=C(Cc3ccc(F)cc3)NO2)nc(OCC)n1C.CCOc1nc(-c2nc(Cc3ccc(F)cc3)no2)c(OCc2ccccc2)c(=O)n1C.CCOc1nc(C(=O)O)c(OCc2ccccc2)c(=O)n1C.N#CCc1ccc(F)cc1.NC(Cc1ccc(F)cc1)=NO. The van der Waals surface area contributed by atoms with Crippen molar-refractivity contribution in [3.8, 4) is 47.2 Å². The molecule has 1 aliphatic heterocycles. The van der Waals surface area contributed by atoms with E-state index in [1.165, 1.54) is 64.7 Å². The minimum atomic E-state index is -1.35. The topological polar surface area (TPSA) is 343 Å². The van der Waals surface area contributed by atoms with Gasteiger partial charge in [-0.25, -0.2) is 27.8 Å². The van der Waals surface area contributed by atoms with Gasteiger partial charge in [0.2, 0.25) is 22.6 Å². The molecule has 0 amide bonds. The van der Waals surface area contributed by atoms with Crippen molar-refractivity contribution in [2.75, 3.05) is 19.8 Å². The molecule has 0 spiro atoms. The third-order valence-electron chi connectivity index (χ3n) is 13.8. The van der Waals surface area contributed by atoms with Crippen molar-refractivity contribution in [1.82, 2.24) is 44.3 Å². The minimum absolute atomic E-state index is 0.0169. The number of carboxylic acid groups (broad SMARTS) is 1. The number of nitrogens with zero attached hydrogens (tertiary/aromatic N) is 11. The van der Waals surface area contributed by atoms with Crippen molar-refractivity contribution in [3.63, 3.8) is 0 Å². The number of oxime groups is 1. The number of nitrogens with two attached hydrogens (primary N) is 1. The van der Waals surface area contributed by atoms with Gasteiger partial charge in [-0.2, -0.15) is 30.2 Å². The molecule has 5 N–H and O–H groups in total. The van der Waals surface area contributed by atoms with E-state index in [4.69, 9.17) is 49.2 Å². The summed E-state index contributed by atoms with van der Waals surface area (Å²) in [6.45, 7) is 10.3. The fraction of sp³-hybridized carbons (Fsp3) is 0.211. The lowest BCUT2D eigenvalue weighted by Gasteiger charge is -2.13. The summed E-state index contributed by atoms with van der Waals surface area (Å²) in [4.78, 5) is 75.3. The Morgan fingerprint density at radius 2 is 1.06 bits per heavy atom. The number of aromatic nitrogens is 8. The van der Waals surface area contributed by atoms with E-state index in [1.54, 1.807) is 76.5 Å². The molecule has 0 bridgehead atoms. The van der Waals surface area contributed by atoms with Gasteiger partial charge < -0.3 is 49.1 Å². The van der Waals surface area contributed by atoms with E-state index in [1.807, 2.05) is 73.7 Å². The first-order chi connectivity index (χ1) is 48.6. The normalized spacial score (nSPS) is 11.7. The summed E-state index contributed by atoms with van der Waals surface area (Å²) < 4.78 is 87.3. The molecule has 10 aromatic rings. The predicted molar refractivity (Wildman–Crippen MR) is 362 cm³/mol. The Balaban J connectivity index is 0.000000187. The molecule has 0 aliphatic carbocycles. The monoisotopic (exact) mass is 1390 g/mol. The van der Waals surface area contributed by atoms with Crippen LogP contribution < -0.4 is 62.1 Å². The number of nitriles is 1. The third-order valence-corrected chi connectivity index (χ3v) is 13.8. The smallest absolute Gasteiger partial charge is 0.358 e. The van der Waals surface area contributed by atoms with Crippen LogP contribution in [0.5, 0.6) is 29.5 Å². The van der Waals surface area contributed by atoms with Crippen molar-refractivity contribution in [2.45, 2.75) is 59.7 Å². The van der Waals surface area contributed by atoms with Crippen molar-refractivity contribution < 1.29 is 65.7 Å². The van der Waals surface area contributed by atoms with Crippen LogP contribution in [-0.4, -0.2) is 86.6 Å². The van der Waals surface area contributed by atoms with Crippen LogP contribution in [0.25, 0.3) is 24.0 Å². The van der Waals surface area contributed by atoms with Gasteiger partial charge in [-0.3, -0.25) is 28.1 Å². The zero-order valence-corrected chi connectivity index (χ0v) is 55.5. The number of carboxylic acids is 1. The largest absolute Gasteiger partial charge is 0.481 e. The van der Waals surface area contributed by atoms with E-state index in [0.29, 0.717) is 50.6 Å². The van der Waals surface area contributed by atoms with Gasteiger partial charge in [-0.05, 0) is 103 Å². The molecule has 4 aromatic heterocycles. The number of hydroxylamine groups is 1. The molecule has 101 heavy (non-hydrogen) atoms. The second kappa shape index (κ2) is 37.5. The van der Waals surface area contributed by atoms with Gasteiger partial charge >= 0.3 is 5.97 Å². The third kappa shape index (κ3) is 22.0. The first-order valence-corrected chi connectivity index (χ1v) is 30.8. The molecule has 0 unspecified atom stereocenters. The van der Waals surface area contributed by atoms with E-state index in [2.05, 4.69) is 47.3 Å². The number of hydrogen-bond acceptors (Lipinski definition) is 21. The Labute approximate surface area is 574 Å². The van der Waals surface area contributed by atoms with Gasteiger partial charge in [0.25, 0.3) is 40.9 Å². The van der Waals surface area contributed by atoms with Crippen molar-refractivity contribution >= 4 is 30.1 Å². The molecule has 0 saturated heterocycles. The molecule has 0 radical (unpaired) electrons. The fourth-order valence-electron chi connectivity index (χ4n) is 8.67. The summed E-state index contributed by atoms with van der Waals surface area (Å²) in [6, 6.07) is 44.7. The Hall–Kier alpha value is -12.9. The molecule has 5 heterocycles. The molecule has 0 atom stereocenters. The molecule has 0 fully saturated rings. The molecule has 6 aromatic carbocycles. The maximum Gasteiger partial charge on any atom is 0.358 e. The molecule has 26 nitrogen and oxygen atoms in total. The second-order valence-electron chi connectivity index (χ2n) is 21.1. The summed E-state index contributed by atoms with van der Waals surface area (Å²) in [5, 5.41) is 32.7. The van der Waals surface area contributed by atoms with Gasteiger partial charge in [0.1, 0.15) is 48.2 Å². The molecular weight excluding hydrogens is 1320 g/mol. The van der Waals surface area contributed by atoms with Crippen LogP contribution in [0.2, 0.25) is 0 Å². The Kier molecular flexibility index (Phi) is 28.0. The standard InChI is InChI=1S/C23H21FN4O4.C17H17FN4O3.C15H16N2O5.C8H9FN2O.C8H6FN/c1-3-30-23-26-19(20(22(29)28(23)2)31-14-16-7-5-4-6-8-16)21-25-18(27-32-21)13-15-9-11-17(24)12-10-15;1-4-24-17-20-14(15(23)10(2)22(17)3)16-19-13(21-25-16)9-11-5-7-12(18)8-6-11;1-3-21-15-16-11(14(19)20)12(13(18)17(15)2)22-9-10-7-5-4-6-8-10;9-7-3-1-6(2-4-7)5-8(10)11-12;9-8-3-1-7(2-4-8)5-6-10/h4-12H,3,13-14H2,1-2H3;5-8H,2,4,9H2,1,3H3,(H,19,21);4-8H,3,9H2,1-2H3,(H,19,20);1-4,12H,5H2,(H2,10,11);1-4H,5H2. The molecular formula is C71H69F4N13O13. The summed E-state index contributed by atoms with van der Waals surface area (Å²) in [7, 11) is 4.64. The summed E-state index contributed by atoms with van der Waals surface area (Å²) in [5.74, 6) is -1.81. The van der Waals surface area contributed by atoms with Crippen molar-refractivity contribution in [2.24, 2.45) is 37.0 Å². The van der Waals surface area contributed by atoms with E-state index in [-0.39, 0.29) is 107 Å². The van der Waals surface area contributed by atoms with Crippen LogP contribution in [-0.2, 0) is 64.9 Å². The zero-order valence-electron chi connectivity index (χ0n) is 55.5. The molecule has 30 heteroatoms. The number of carbonyl (C=O) groups is 1. The lowest BCUT2D eigenvalue weighted by atomic mass is 10.1. The summed E-state index contributed by atoms with van der Waals surface area (Å²) in [5.41, 5.74) is 11.1. The second-order valence-corrected chi connectivity index (χ2v) is 21.1. The number of hydrogen-bond donors (Lipinski definition) is 4. The van der Waals surface area contributed by atoms with Gasteiger partial charge in [-0.1, -0.05) is 126 Å². The van der Waals surface area contributed by atoms with Gasteiger partial charge in [0.05, 0.1) is 37.7 Å². The maximum atomic E-state index is 13.1. The maximum absolute atomic E-state index is 13.1. The summed E-state index contributed by atoms with van der Waals surface area (Å²) >= 11 is 0. The fourth-order valence-corrected chi connectivity index (χ4v) is 8.67. The number of amidine groups is 2. The highest BCUT2D eigenvalue weighted by Gasteiger charge is 2.25. The van der Waals surface area contributed by atoms with E-state index >= 15 is 0 Å². The van der Waals surface area contributed by atoms with E-state index in [0.717, 1.165) is 37.9 Å². The molecule has 524 valence electrons. The quantitative estimate of drug-likeness (QED) is 0.0174. The van der Waals surface area contributed by atoms with Crippen LogP contribution in [0.3, 0.4) is 0 Å². The number of aliphatic imine (C=N–C) groups is 1. The van der Waals surface area contributed by atoms with Crippen LogP contribution in [0, 0.1) is 34.6 Å². The van der Waals surface area contributed by atoms with Gasteiger partial charge in [-0.15, -0.1) is 0 Å². The lowest BCUT2D eigenvalue weighted by Crippen LogP contribution is -2.46. The number of benzene rings is 6. The highest BCUT2D eigenvalue weighted by Crippen LogP contribution is 2.27. The summed E-state index contributed by atoms with van der Waals surface area (Å²) in [6.07, 6.45) is 1.40. The van der Waals surface area contributed by atoms with Crippen LogP contribution in [0.1, 0.15) is 70.5 Å². The Bertz CT molecular complexity index is 4830. The number of halogens is 4. The Morgan fingerprint density at radius 1 is 0.604 bits per heavy atom. The van der Waals surface area contributed by atoms with E-state index in [9.17, 15) is 41.8 Å². The van der Waals surface area contributed by atoms with Gasteiger partial charge in [0, 0.05) is 40.4 Å². The molecule has 0 saturated carbocycles. The average Bonchev–Trinajstić information content (AvgIpc) is 1.63. The predicted octanol–water partition coefficient (Wildman–Crippen LogP) is 7.97. The lowest BCUT2D eigenvalue weighted by molar-refractivity contribution is 0.0681. The Morgan fingerprint density at radius 3 is 1.54 bits per heavy atom. The number of aromatic carboxylic acids is 1. The zero-order chi connectivity index (χ0) is 73.0. The van der Waals surface area contributed by atoms with E-state index < -0.39 is 28.2 Å². The van der Waals surface area contributed by atoms with Crippen molar-refractivity contribution in [3.05, 3.63) is 268 Å². The molecule has 1 aliphatic rings. The highest BCUT2D eigenvalue weighted by atomic mass is 19.1. The molecule has 11 rings (SSSR count).